The third-order valence-electron chi connectivity index (χ3n) is 9.06. The van der Waals surface area contributed by atoms with Crippen LogP contribution in [0.1, 0.15) is 200 Å². The van der Waals surface area contributed by atoms with Gasteiger partial charge in [-0.05, 0) is 12.8 Å². The van der Waals surface area contributed by atoms with Crippen LogP contribution in [0.5, 0.6) is 0 Å². The zero-order valence-corrected chi connectivity index (χ0v) is 28.4. The maximum absolute atomic E-state index is 12.8. The first-order chi connectivity index (χ1) is 21.0. The topological polar surface area (TPSA) is 83.9 Å². The summed E-state index contributed by atoms with van der Waals surface area (Å²) in [5.74, 6) is -1.32. The van der Waals surface area contributed by atoms with E-state index in [-0.39, 0.29) is 25.3 Å². The van der Waals surface area contributed by atoms with Crippen LogP contribution in [0.3, 0.4) is 0 Å². The second kappa shape index (κ2) is 28.1. The van der Waals surface area contributed by atoms with E-state index in [9.17, 15) is 19.5 Å². The van der Waals surface area contributed by atoms with Crippen LogP contribution in [0.25, 0.3) is 0 Å². The minimum Gasteiger partial charge on any atom is -0.392 e. The van der Waals surface area contributed by atoms with Crippen LogP contribution in [0, 0.1) is 0 Å². The second-order valence-electron chi connectivity index (χ2n) is 13.2. The maximum Gasteiger partial charge on any atom is 0.336 e. The lowest BCUT2D eigenvalue weighted by atomic mass is 10.0. The molecular formula is C37H69NO5. The molecule has 6 nitrogen and oxygen atoms in total. The number of aliphatic hydroxyl groups is 1. The molecule has 1 aliphatic heterocycles. The Morgan fingerprint density at radius 3 is 1.30 bits per heavy atom. The van der Waals surface area contributed by atoms with E-state index >= 15 is 0 Å². The summed E-state index contributed by atoms with van der Waals surface area (Å²) < 4.78 is 5.11. The summed E-state index contributed by atoms with van der Waals surface area (Å²) in [4.78, 5) is 39.2. The monoisotopic (exact) mass is 608 g/mol. The summed E-state index contributed by atoms with van der Waals surface area (Å²) in [6, 6.07) is -0.847. The normalized spacial score (nSPS) is 16.6. The molecule has 1 fully saturated rings. The summed E-state index contributed by atoms with van der Waals surface area (Å²) in [5, 5.41) is 10.1. The van der Waals surface area contributed by atoms with Crippen molar-refractivity contribution in [3.8, 4) is 0 Å². The molecule has 0 bridgehead atoms. The van der Waals surface area contributed by atoms with E-state index in [0.717, 1.165) is 38.5 Å². The van der Waals surface area contributed by atoms with Crippen molar-refractivity contribution in [1.29, 1.82) is 0 Å². The van der Waals surface area contributed by atoms with Crippen molar-refractivity contribution < 1.29 is 24.2 Å². The van der Waals surface area contributed by atoms with Crippen molar-refractivity contribution in [2.45, 2.75) is 212 Å². The largest absolute Gasteiger partial charge is 0.392 e. The Hall–Kier alpha value is -1.43. The number of amides is 1. The molecule has 0 radical (unpaired) electrons. The molecule has 1 N–H and O–H groups in total. The molecule has 1 rings (SSSR count). The average Bonchev–Trinajstić information content (AvgIpc) is 3.39. The van der Waals surface area contributed by atoms with E-state index in [4.69, 9.17) is 4.74 Å². The Kier molecular flexibility index (Phi) is 25.8. The summed E-state index contributed by atoms with van der Waals surface area (Å²) in [7, 11) is 0. The number of nitrogens with zero attached hydrogens (tertiary/aromatic N) is 1. The predicted octanol–water partition coefficient (Wildman–Crippen LogP) is 9.98. The van der Waals surface area contributed by atoms with Gasteiger partial charge in [-0.2, -0.15) is 0 Å². The number of hydrogen-bond donors (Lipinski definition) is 1. The van der Waals surface area contributed by atoms with Gasteiger partial charge in [0.1, 0.15) is 6.04 Å². The standard InChI is InChI=1S/C37H69NO5/c1-3-5-7-9-11-13-15-17-19-21-23-25-27-29-35(40)38-32-33(39)31-34(38)37(42)43-36(41)30-28-26-24-22-20-18-16-14-12-10-8-6-4-2/h33-34,39H,3-32H2,1-2H3/t33-,34+/m1/s1. The van der Waals surface area contributed by atoms with Crippen molar-refractivity contribution >= 4 is 17.8 Å². The lowest BCUT2D eigenvalue weighted by molar-refractivity contribution is -0.164. The quantitative estimate of drug-likeness (QED) is 0.0520. The van der Waals surface area contributed by atoms with Crippen molar-refractivity contribution in [3.63, 3.8) is 0 Å². The minimum atomic E-state index is -0.847. The van der Waals surface area contributed by atoms with Gasteiger partial charge in [-0.25, -0.2) is 4.79 Å². The summed E-state index contributed by atoms with van der Waals surface area (Å²) in [6.07, 6.45) is 32.2. The van der Waals surface area contributed by atoms with Crippen LogP contribution in [0.4, 0.5) is 0 Å². The lowest BCUT2D eigenvalue weighted by Gasteiger charge is -2.22. The SMILES string of the molecule is CCCCCCCCCCCCCCCC(=O)OC(=O)[C@@H]1C[C@@H](O)CN1C(=O)CCCCCCCCCCCCCCC. The number of aliphatic hydroxyl groups excluding tert-OH is 1. The molecule has 43 heavy (non-hydrogen) atoms. The lowest BCUT2D eigenvalue weighted by Crippen LogP contribution is -2.42. The number of unbranched alkanes of at least 4 members (excludes halogenated alkanes) is 24. The van der Waals surface area contributed by atoms with Crippen LogP contribution < -0.4 is 0 Å². The fraction of sp³-hybridized carbons (Fsp3) is 0.919. The highest BCUT2D eigenvalue weighted by Gasteiger charge is 2.40. The zero-order chi connectivity index (χ0) is 31.4. The Bertz CT molecular complexity index is 696. The van der Waals surface area contributed by atoms with Crippen LogP contribution >= 0.6 is 0 Å². The summed E-state index contributed by atoms with van der Waals surface area (Å²) >= 11 is 0. The van der Waals surface area contributed by atoms with E-state index < -0.39 is 24.1 Å². The van der Waals surface area contributed by atoms with Gasteiger partial charge in [-0.15, -0.1) is 0 Å². The molecule has 0 aliphatic carbocycles. The maximum atomic E-state index is 12.8. The summed E-state index contributed by atoms with van der Waals surface area (Å²) in [5.41, 5.74) is 0. The first kappa shape index (κ1) is 39.6. The van der Waals surface area contributed by atoms with E-state index in [1.807, 2.05) is 0 Å². The van der Waals surface area contributed by atoms with Gasteiger partial charge < -0.3 is 14.7 Å². The molecule has 1 aliphatic rings. The van der Waals surface area contributed by atoms with Crippen LogP contribution in [-0.2, 0) is 19.1 Å². The van der Waals surface area contributed by atoms with E-state index in [2.05, 4.69) is 13.8 Å². The number of esters is 2. The van der Waals surface area contributed by atoms with Crippen LogP contribution in [0.2, 0.25) is 0 Å². The van der Waals surface area contributed by atoms with Gasteiger partial charge in [0.2, 0.25) is 5.91 Å². The number of ether oxygens (including phenoxy) is 1. The van der Waals surface area contributed by atoms with E-state index in [1.54, 1.807) is 0 Å². The molecule has 252 valence electrons. The van der Waals surface area contributed by atoms with Crippen molar-refractivity contribution in [2.24, 2.45) is 0 Å². The summed E-state index contributed by atoms with van der Waals surface area (Å²) in [6.45, 7) is 4.65. The van der Waals surface area contributed by atoms with Crippen molar-refractivity contribution in [3.05, 3.63) is 0 Å². The smallest absolute Gasteiger partial charge is 0.336 e. The molecule has 1 saturated heterocycles. The van der Waals surface area contributed by atoms with Gasteiger partial charge in [-0.1, -0.05) is 168 Å². The van der Waals surface area contributed by atoms with E-state index in [1.165, 1.54) is 133 Å². The minimum absolute atomic E-state index is 0.120. The van der Waals surface area contributed by atoms with Crippen LogP contribution in [-0.4, -0.2) is 46.5 Å². The number of likely N-dealkylation sites (tertiary alicyclic amines) is 1. The second-order valence-corrected chi connectivity index (χ2v) is 13.2. The van der Waals surface area contributed by atoms with Gasteiger partial charge in [0.25, 0.3) is 0 Å². The Balaban J connectivity index is 2.08. The number of hydrogen-bond acceptors (Lipinski definition) is 5. The molecule has 0 aromatic carbocycles. The number of carbonyl (C=O) groups is 3. The molecule has 0 unspecified atom stereocenters. The third kappa shape index (κ3) is 21.8. The number of rotatable bonds is 29. The van der Waals surface area contributed by atoms with Gasteiger partial charge in [-0.3, -0.25) is 9.59 Å². The van der Waals surface area contributed by atoms with Gasteiger partial charge in [0.15, 0.2) is 0 Å². The van der Waals surface area contributed by atoms with E-state index in [0.29, 0.717) is 6.42 Å². The highest BCUT2D eigenvalue weighted by molar-refractivity contribution is 5.91. The third-order valence-corrected chi connectivity index (χ3v) is 9.06. The Morgan fingerprint density at radius 1 is 0.558 bits per heavy atom. The highest BCUT2D eigenvalue weighted by atomic mass is 16.6. The Morgan fingerprint density at radius 2 is 0.907 bits per heavy atom. The molecule has 1 amide bonds. The fourth-order valence-electron chi connectivity index (χ4n) is 6.27. The predicted molar refractivity (Wildman–Crippen MR) is 178 cm³/mol. The Labute approximate surface area is 265 Å². The molecular weight excluding hydrogens is 538 g/mol. The molecule has 6 heteroatoms. The first-order valence-electron chi connectivity index (χ1n) is 18.7. The van der Waals surface area contributed by atoms with Crippen molar-refractivity contribution in [2.75, 3.05) is 6.54 Å². The molecule has 0 aromatic heterocycles. The van der Waals surface area contributed by atoms with Crippen LogP contribution in [0.15, 0.2) is 0 Å². The molecule has 2 atom stereocenters. The zero-order valence-electron chi connectivity index (χ0n) is 28.4. The molecule has 0 spiro atoms. The first-order valence-corrected chi connectivity index (χ1v) is 18.7. The fourth-order valence-corrected chi connectivity index (χ4v) is 6.27. The average molecular weight is 608 g/mol. The van der Waals surface area contributed by atoms with Gasteiger partial charge in [0.05, 0.1) is 6.10 Å². The molecule has 1 heterocycles. The highest BCUT2D eigenvalue weighted by Crippen LogP contribution is 2.22. The van der Waals surface area contributed by atoms with Gasteiger partial charge >= 0.3 is 11.9 Å². The number of β-amino-alcohol motifs (C(OH)–C–C–N with tert-alkyl or cyclic N) is 1. The molecule has 0 saturated carbocycles. The van der Waals surface area contributed by atoms with Gasteiger partial charge in [0, 0.05) is 25.8 Å². The number of carbonyl (C=O) groups excluding carboxylic acids is 3. The molecule has 0 aromatic rings. The van der Waals surface area contributed by atoms with Crippen molar-refractivity contribution in [1.82, 2.24) is 4.90 Å².